The van der Waals surface area contributed by atoms with E-state index in [9.17, 15) is 0 Å². The number of hydrogen-bond donors (Lipinski definition) is 0. The van der Waals surface area contributed by atoms with Gasteiger partial charge in [-0.2, -0.15) is 5.26 Å². The van der Waals surface area contributed by atoms with Crippen molar-refractivity contribution in [2.24, 2.45) is 0 Å². The van der Waals surface area contributed by atoms with Gasteiger partial charge in [0.2, 0.25) is 5.88 Å². The Balaban J connectivity index is 2.19. The zero-order chi connectivity index (χ0) is 13.7. The number of aromatic nitrogens is 1. The van der Waals surface area contributed by atoms with Crippen molar-refractivity contribution in [2.75, 3.05) is 0 Å². The van der Waals surface area contributed by atoms with Crippen LogP contribution in [0.5, 0.6) is 11.6 Å². The van der Waals surface area contributed by atoms with E-state index in [2.05, 4.69) is 11.9 Å². The predicted molar refractivity (Wildman–Crippen MR) is 74.5 cm³/mol. The summed E-state index contributed by atoms with van der Waals surface area (Å²) in [5.41, 5.74) is 1.62. The molecule has 4 heteroatoms. The number of benzene rings is 1. The molecule has 0 amide bonds. The zero-order valence-electron chi connectivity index (χ0n) is 10.6. The molecule has 0 fully saturated rings. The molecule has 1 aromatic carbocycles. The summed E-state index contributed by atoms with van der Waals surface area (Å²) in [5, 5.41) is 9.13. The van der Waals surface area contributed by atoms with Gasteiger partial charge in [-0.05, 0) is 30.2 Å². The van der Waals surface area contributed by atoms with E-state index in [-0.39, 0.29) is 10.9 Å². The molecule has 1 aromatic heterocycles. The van der Waals surface area contributed by atoms with E-state index >= 15 is 0 Å². The van der Waals surface area contributed by atoms with Crippen LogP contribution in [-0.4, -0.2) is 4.98 Å². The minimum Gasteiger partial charge on any atom is -0.437 e. The molecule has 3 nitrogen and oxygen atoms in total. The van der Waals surface area contributed by atoms with Gasteiger partial charge in [0, 0.05) is 6.20 Å². The van der Waals surface area contributed by atoms with Crippen LogP contribution < -0.4 is 4.74 Å². The normalized spacial score (nSPS) is 9.95. The predicted octanol–water partition coefficient (Wildman–Crippen LogP) is 4.35. The lowest BCUT2D eigenvalue weighted by atomic mass is 10.1. The molecule has 0 saturated carbocycles. The molecule has 2 aromatic rings. The lowest BCUT2D eigenvalue weighted by Gasteiger charge is -2.07. The van der Waals surface area contributed by atoms with E-state index in [1.54, 1.807) is 6.07 Å². The first-order valence-corrected chi connectivity index (χ1v) is 6.43. The second-order valence-electron chi connectivity index (χ2n) is 4.09. The molecular weight excluding hydrogens is 260 g/mol. The maximum atomic E-state index is 8.89. The summed E-state index contributed by atoms with van der Waals surface area (Å²) in [6, 6.07) is 11.3. The second kappa shape index (κ2) is 6.21. The molecule has 2 rings (SSSR count). The molecule has 0 bridgehead atoms. The van der Waals surface area contributed by atoms with Crippen molar-refractivity contribution in [3.63, 3.8) is 0 Å². The fraction of sp³-hybridized carbons (Fsp3) is 0.200. The summed E-state index contributed by atoms with van der Waals surface area (Å²) in [4.78, 5) is 4.04. The van der Waals surface area contributed by atoms with Crippen LogP contribution in [0, 0.1) is 11.3 Å². The van der Waals surface area contributed by atoms with Crippen LogP contribution in [-0.2, 0) is 6.42 Å². The Morgan fingerprint density at radius 1 is 1.26 bits per heavy atom. The molecule has 0 N–H and O–H groups in total. The SMILES string of the molecule is CCCc1ccc(Oc2nccc(C#N)c2Cl)cc1. The van der Waals surface area contributed by atoms with E-state index in [4.69, 9.17) is 21.6 Å². The Morgan fingerprint density at radius 2 is 2.00 bits per heavy atom. The van der Waals surface area contributed by atoms with Gasteiger partial charge >= 0.3 is 0 Å². The lowest BCUT2D eigenvalue weighted by molar-refractivity contribution is 0.463. The third kappa shape index (κ3) is 3.24. The number of rotatable bonds is 4. The quantitative estimate of drug-likeness (QED) is 0.831. The second-order valence-corrected chi connectivity index (χ2v) is 4.46. The summed E-state index contributed by atoms with van der Waals surface area (Å²) in [6.07, 6.45) is 3.66. The maximum absolute atomic E-state index is 8.89. The average Bonchev–Trinajstić information content (AvgIpc) is 2.43. The minimum atomic E-state index is 0.239. The van der Waals surface area contributed by atoms with Crippen molar-refractivity contribution in [3.8, 4) is 17.7 Å². The topological polar surface area (TPSA) is 45.9 Å². The van der Waals surface area contributed by atoms with Gasteiger partial charge < -0.3 is 4.74 Å². The first-order chi connectivity index (χ1) is 9.24. The van der Waals surface area contributed by atoms with Gasteiger partial charge in [-0.25, -0.2) is 4.98 Å². The van der Waals surface area contributed by atoms with E-state index in [1.807, 2.05) is 30.3 Å². The largest absolute Gasteiger partial charge is 0.437 e. The lowest BCUT2D eigenvalue weighted by Crippen LogP contribution is -1.91. The highest BCUT2D eigenvalue weighted by Gasteiger charge is 2.09. The van der Waals surface area contributed by atoms with Crippen LogP contribution in [0.4, 0.5) is 0 Å². The van der Waals surface area contributed by atoms with E-state index < -0.39 is 0 Å². The Kier molecular flexibility index (Phi) is 4.38. The van der Waals surface area contributed by atoms with Gasteiger partial charge in [0.25, 0.3) is 0 Å². The summed E-state index contributed by atoms with van der Waals surface area (Å²) < 4.78 is 5.59. The number of halogens is 1. The number of hydrogen-bond acceptors (Lipinski definition) is 3. The summed E-state index contributed by atoms with van der Waals surface area (Å²) >= 11 is 6.03. The zero-order valence-corrected chi connectivity index (χ0v) is 11.3. The van der Waals surface area contributed by atoms with Crippen LogP contribution in [0.1, 0.15) is 24.5 Å². The van der Waals surface area contributed by atoms with Crippen molar-refractivity contribution in [2.45, 2.75) is 19.8 Å². The van der Waals surface area contributed by atoms with Crippen LogP contribution in [0.25, 0.3) is 0 Å². The monoisotopic (exact) mass is 272 g/mol. The van der Waals surface area contributed by atoms with Gasteiger partial charge in [-0.1, -0.05) is 37.1 Å². The Bertz CT molecular complexity index is 603. The highest BCUT2D eigenvalue weighted by molar-refractivity contribution is 6.33. The molecule has 1 heterocycles. The highest BCUT2D eigenvalue weighted by atomic mass is 35.5. The van der Waals surface area contributed by atoms with E-state index in [0.29, 0.717) is 11.3 Å². The number of nitriles is 1. The molecule has 0 saturated heterocycles. The first kappa shape index (κ1) is 13.4. The summed E-state index contributed by atoms with van der Waals surface area (Å²) in [7, 11) is 0. The molecule has 96 valence electrons. The van der Waals surface area contributed by atoms with Crippen molar-refractivity contribution in [3.05, 3.63) is 52.7 Å². The van der Waals surface area contributed by atoms with Gasteiger partial charge in [-0.3, -0.25) is 0 Å². The molecule has 0 aliphatic rings. The molecule has 0 radical (unpaired) electrons. The highest BCUT2D eigenvalue weighted by Crippen LogP contribution is 2.29. The Hall–Kier alpha value is -2.05. The summed E-state index contributed by atoms with van der Waals surface area (Å²) in [6.45, 7) is 2.14. The van der Waals surface area contributed by atoms with Crippen LogP contribution in [0.15, 0.2) is 36.5 Å². The average molecular weight is 273 g/mol. The molecular formula is C15H13ClN2O. The van der Waals surface area contributed by atoms with Crippen molar-refractivity contribution >= 4 is 11.6 Å². The minimum absolute atomic E-state index is 0.239. The fourth-order valence-corrected chi connectivity index (χ4v) is 1.90. The van der Waals surface area contributed by atoms with Crippen LogP contribution in [0.2, 0.25) is 5.02 Å². The van der Waals surface area contributed by atoms with Crippen molar-refractivity contribution < 1.29 is 4.74 Å². The molecule has 19 heavy (non-hydrogen) atoms. The third-order valence-corrected chi connectivity index (χ3v) is 3.02. The number of pyridine rings is 1. The van der Waals surface area contributed by atoms with Crippen molar-refractivity contribution in [1.82, 2.24) is 4.98 Å². The molecule has 0 unspecified atom stereocenters. The van der Waals surface area contributed by atoms with E-state index in [0.717, 1.165) is 12.8 Å². The molecule has 0 spiro atoms. The van der Waals surface area contributed by atoms with Crippen LogP contribution in [0.3, 0.4) is 0 Å². The third-order valence-electron chi connectivity index (χ3n) is 2.65. The Labute approximate surface area is 117 Å². The number of aryl methyl sites for hydroxylation is 1. The van der Waals surface area contributed by atoms with E-state index in [1.165, 1.54) is 11.8 Å². The first-order valence-electron chi connectivity index (χ1n) is 6.06. The Morgan fingerprint density at radius 3 is 2.63 bits per heavy atom. The fourth-order valence-electron chi connectivity index (χ4n) is 1.71. The van der Waals surface area contributed by atoms with Crippen LogP contribution >= 0.6 is 11.6 Å². The molecule has 0 aliphatic heterocycles. The smallest absolute Gasteiger partial charge is 0.239 e. The van der Waals surface area contributed by atoms with Gasteiger partial charge in [0.1, 0.15) is 16.8 Å². The maximum Gasteiger partial charge on any atom is 0.239 e. The summed E-state index contributed by atoms with van der Waals surface area (Å²) in [5.74, 6) is 0.910. The number of nitrogens with zero attached hydrogens (tertiary/aromatic N) is 2. The standard InChI is InChI=1S/C15H13ClN2O/c1-2-3-11-4-6-13(7-5-11)19-15-14(16)12(10-17)8-9-18-15/h4-9H,2-3H2,1H3. The van der Waals surface area contributed by atoms with Gasteiger partial charge in [-0.15, -0.1) is 0 Å². The van der Waals surface area contributed by atoms with Gasteiger partial charge in [0.05, 0.1) is 5.56 Å². The van der Waals surface area contributed by atoms with Gasteiger partial charge in [0.15, 0.2) is 0 Å². The van der Waals surface area contributed by atoms with Crippen molar-refractivity contribution in [1.29, 1.82) is 5.26 Å². The number of ether oxygens (including phenoxy) is 1. The molecule has 0 atom stereocenters. The molecule has 0 aliphatic carbocycles.